The third-order valence-corrected chi connectivity index (χ3v) is 2.24. The summed E-state index contributed by atoms with van der Waals surface area (Å²) in [6, 6.07) is 0. The molecule has 0 saturated carbocycles. The van der Waals surface area contributed by atoms with Gasteiger partial charge in [-0.15, -0.1) is 0 Å². The summed E-state index contributed by atoms with van der Waals surface area (Å²) < 4.78 is 10.0. The van der Waals surface area contributed by atoms with Crippen LogP contribution < -0.4 is 0 Å². The molecule has 0 spiro atoms. The van der Waals surface area contributed by atoms with Gasteiger partial charge >= 0.3 is 5.97 Å². The fourth-order valence-electron chi connectivity index (χ4n) is 1.61. The van der Waals surface area contributed by atoms with Crippen LogP contribution in [0.5, 0.6) is 0 Å². The number of morpholine rings is 1. The number of aliphatic hydroxyl groups excluding tert-OH is 1. The Morgan fingerprint density at radius 1 is 1.57 bits per heavy atom. The number of carbonyl (C=O) groups is 1. The number of hydrogen-bond donors (Lipinski definition) is 1. The highest BCUT2D eigenvalue weighted by Crippen LogP contribution is 2.12. The molecule has 1 saturated heterocycles. The highest BCUT2D eigenvalue weighted by atomic mass is 16.5. The van der Waals surface area contributed by atoms with Gasteiger partial charge < -0.3 is 19.5 Å². The van der Waals surface area contributed by atoms with E-state index in [9.17, 15) is 4.79 Å². The summed E-state index contributed by atoms with van der Waals surface area (Å²) in [6.07, 6.45) is -0.112. The zero-order valence-electron chi connectivity index (χ0n) is 8.60. The molecule has 14 heavy (non-hydrogen) atoms. The first kappa shape index (κ1) is 11.4. The van der Waals surface area contributed by atoms with Gasteiger partial charge in [-0.25, -0.2) is 0 Å². The lowest BCUT2D eigenvalue weighted by atomic mass is 10.2. The molecule has 1 N–H and O–H groups in total. The SMILES string of the molecule is COC(=O)C[C@H]1CN(C)C[C@H](CO)O1. The van der Waals surface area contributed by atoms with Crippen molar-refractivity contribution in [2.75, 3.05) is 33.9 Å². The molecule has 1 heterocycles. The largest absolute Gasteiger partial charge is 0.469 e. The van der Waals surface area contributed by atoms with E-state index in [1.165, 1.54) is 7.11 Å². The van der Waals surface area contributed by atoms with E-state index in [2.05, 4.69) is 4.74 Å². The lowest BCUT2D eigenvalue weighted by molar-refractivity contribution is -0.150. The van der Waals surface area contributed by atoms with Crippen LogP contribution in [0, 0.1) is 0 Å². The number of ether oxygens (including phenoxy) is 2. The number of carbonyl (C=O) groups excluding carboxylic acids is 1. The van der Waals surface area contributed by atoms with E-state index in [0.29, 0.717) is 13.1 Å². The van der Waals surface area contributed by atoms with Crippen molar-refractivity contribution in [3.05, 3.63) is 0 Å². The molecule has 0 bridgehead atoms. The van der Waals surface area contributed by atoms with Gasteiger partial charge in [0, 0.05) is 13.1 Å². The van der Waals surface area contributed by atoms with E-state index in [0.717, 1.165) is 0 Å². The first-order valence-corrected chi connectivity index (χ1v) is 4.67. The maximum Gasteiger partial charge on any atom is 0.308 e. The van der Waals surface area contributed by atoms with Crippen LogP contribution in [0.4, 0.5) is 0 Å². The highest BCUT2D eigenvalue weighted by molar-refractivity contribution is 5.69. The zero-order valence-corrected chi connectivity index (χ0v) is 8.60. The first-order chi connectivity index (χ1) is 6.65. The van der Waals surface area contributed by atoms with Crippen LogP contribution in [0.1, 0.15) is 6.42 Å². The Balaban J connectivity index is 2.40. The molecule has 1 rings (SSSR count). The number of hydrogen-bond acceptors (Lipinski definition) is 5. The fourth-order valence-corrected chi connectivity index (χ4v) is 1.61. The van der Waals surface area contributed by atoms with Gasteiger partial charge in [-0.3, -0.25) is 4.79 Å². The van der Waals surface area contributed by atoms with Crippen LogP contribution in [0.2, 0.25) is 0 Å². The molecular weight excluding hydrogens is 186 g/mol. The zero-order chi connectivity index (χ0) is 10.6. The summed E-state index contributed by atoms with van der Waals surface area (Å²) in [5.74, 6) is -0.276. The molecule has 1 aliphatic heterocycles. The van der Waals surface area contributed by atoms with Crippen molar-refractivity contribution in [2.45, 2.75) is 18.6 Å². The van der Waals surface area contributed by atoms with Crippen molar-refractivity contribution in [3.8, 4) is 0 Å². The summed E-state index contributed by atoms with van der Waals surface area (Å²) in [5, 5.41) is 8.95. The van der Waals surface area contributed by atoms with Gasteiger partial charge in [0.15, 0.2) is 0 Å². The van der Waals surface area contributed by atoms with Crippen molar-refractivity contribution in [3.63, 3.8) is 0 Å². The molecule has 1 fully saturated rings. The maximum absolute atomic E-state index is 11.0. The number of rotatable bonds is 3. The lowest BCUT2D eigenvalue weighted by Gasteiger charge is -2.34. The third-order valence-electron chi connectivity index (χ3n) is 2.24. The predicted molar refractivity (Wildman–Crippen MR) is 49.9 cm³/mol. The topological polar surface area (TPSA) is 59.0 Å². The van der Waals surface area contributed by atoms with Crippen molar-refractivity contribution < 1.29 is 19.4 Å². The van der Waals surface area contributed by atoms with E-state index in [1.807, 2.05) is 11.9 Å². The molecule has 0 unspecified atom stereocenters. The minimum atomic E-state index is -0.276. The summed E-state index contributed by atoms with van der Waals surface area (Å²) in [4.78, 5) is 13.0. The van der Waals surface area contributed by atoms with Gasteiger partial charge in [0.05, 0.1) is 32.3 Å². The van der Waals surface area contributed by atoms with E-state index in [1.54, 1.807) is 0 Å². The normalized spacial score (nSPS) is 28.8. The first-order valence-electron chi connectivity index (χ1n) is 4.67. The summed E-state index contributed by atoms with van der Waals surface area (Å²) >= 11 is 0. The van der Waals surface area contributed by atoms with E-state index >= 15 is 0 Å². The van der Waals surface area contributed by atoms with Gasteiger partial charge in [-0.05, 0) is 7.05 Å². The van der Waals surface area contributed by atoms with Gasteiger partial charge in [0.2, 0.25) is 0 Å². The summed E-state index contributed by atoms with van der Waals surface area (Å²) in [5.41, 5.74) is 0. The Labute approximate surface area is 83.6 Å². The molecule has 0 aromatic heterocycles. The average Bonchev–Trinajstić information content (AvgIpc) is 2.16. The van der Waals surface area contributed by atoms with E-state index < -0.39 is 0 Å². The lowest BCUT2D eigenvalue weighted by Crippen LogP contribution is -2.47. The quantitative estimate of drug-likeness (QED) is 0.611. The van der Waals surface area contributed by atoms with Crippen LogP contribution in [0.25, 0.3) is 0 Å². The molecule has 0 amide bonds. The van der Waals surface area contributed by atoms with Gasteiger partial charge in [-0.1, -0.05) is 0 Å². The Morgan fingerprint density at radius 3 is 2.79 bits per heavy atom. The van der Waals surface area contributed by atoms with Crippen LogP contribution in [-0.4, -0.2) is 62.0 Å². The summed E-state index contributed by atoms with van der Waals surface area (Å²) in [7, 11) is 3.30. The summed E-state index contributed by atoms with van der Waals surface area (Å²) in [6.45, 7) is 1.39. The van der Waals surface area contributed by atoms with Gasteiger partial charge in [0.25, 0.3) is 0 Å². The minimum absolute atomic E-state index is 0.0119. The second kappa shape index (κ2) is 5.29. The van der Waals surface area contributed by atoms with Crippen LogP contribution >= 0.6 is 0 Å². The maximum atomic E-state index is 11.0. The van der Waals surface area contributed by atoms with Crippen LogP contribution in [0.3, 0.4) is 0 Å². The van der Waals surface area contributed by atoms with Crippen LogP contribution in [-0.2, 0) is 14.3 Å². The molecule has 0 aromatic carbocycles. The second-order valence-electron chi connectivity index (χ2n) is 3.56. The van der Waals surface area contributed by atoms with Crippen molar-refractivity contribution >= 4 is 5.97 Å². The van der Waals surface area contributed by atoms with E-state index in [4.69, 9.17) is 9.84 Å². The van der Waals surface area contributed by atoms with Crippen molar-refractivity contribution in [2.24, 2.45) is 0 Å². The Bertz CT molecular complexity index is 197. The monoisotopic (exact) mass is 203 g/mol. The molecule has 0 aliphatic carbocycles. The number of methoxy groups -OCH3 is 1. The molecule has 5 heteroatoms. The average molecular weight is 203 g/mol. The van der Waals surface area contributed by atoms with Crippen LogP contribution in [0.15, 0.2) is 0 Å². The molecule has 2 atom stereocenters. The Morgan fingerprint density at radius 2 is 2.21 bits per heavy atom. The molecule has 5 nitrogen and oxygen atoms in total. The molecule has 82 valence electrons. The molecule has 0 radical (unpaired) electrons. The Hall–Kier alpha value is -0.650. The van der Waals surface area contributed by atoms with Crippen molar-refractivity contribution in [1.29, 1.82) is 0 Å². The number of likely N-dealkylation sites (N-methyl/N-ethyl adjacent to an activating group) is 1. The molecule has 1 aliphatic rings. The standard InChI is InChI=1S/C9H17NO4/c1-10-4-7(3-9(12)13-2)14-8(5-10)6-11/h7-8,11H,3-6H2,1-2H3/t7-,8+/m0/s1. The minimum Gasteiger partial charge on any atom is -0.469 e. The molecular formula is C9H17NO4. The fraction of sp³-hybridized carbons (Fsp3) is 0.889. The van der Waals surface area contributed by atoms with Gasteiger partial charge in [0.1, 0.15) is 0 Å². The second-order valence-corrected chi connectivity index (χ2v) is 3.56. The van der Waals surface area contributed by atoms with Gasteiger partial charge in [-0.2, -0.15) is 0 Å². The van der Waals surface area contributed by atoms with E-state index in [-0.39, 0.29) is 31.2 Å². The Kier molecular flexibility index (Phi) is 4.31. The predicted octanol–water partition coefficient (Wildman–Crippen LogP) is -0.759. The third kappa shape index (κ3) is 3.25. The highest BCUT2D eigenvalue weighted by Gasteiger charge is 2.27. The smallest absolute Gasteiger partial charge is 0.308 e. The van der Waals surface area contributed by atoms with Crippen molar-refractivity contribution in [1.82, 2.24) is 4.90 Å². The number of aliphatic hydroxyl groups is 1. The number of nitrogens with zero attached hydrogens (tertiary/aromatic N) is 1. The number of esters is 1. The molecule has 0 aromatic rings.